The van der Waals surface area contributed by atoms with E-state index in [4.69, 9.17) is 5.26 Å². The van der Waals surface area contributed by atoms with E-state index in [1.54, 1.807) is 0 Å². The van der Waals surface area contributed by atoms with E-state index < -0.39 is 12.4 Å². The average molecular weight is 154 g/mol. The average Bonchev–Trinajstić information content (AvgIpc) is 1.86. The molecule has 11 heavy (non-hydrogen) atoms. The van der Waals surface area contributed by atoms with Gasteiger partial charge in [0.05, 0.1) is 6.07 Å². The number of nitrogens with zero attached hydrogens (tertiary/aromatic N) is 1. The Balaban J connectivity index is 3.39. The van der Waals surface area contributed by atoms with Crippen LogP contribution in [-0.2, 0) is 9.59 Å². The SMILES string of the molecule is N#CCCCC(=O)CC(=O)[O-]. The van der Waals surface area contributed by atoms with Crippen molar-refractivity contribution in [1.29, 1.82) is 5.26 Å². The fourth-order valence-electron chi connectivity index (χ4n) is 0.614. The third-order valence-electron chi connectivity index (χ3n) is 1.09. The van der Waals surface area contributed by atoms with Crippen LogP contribution in [0.3, 0.4) is 0 Å². The van der Waals surface area contributed by atoms with Gasteiger partial charge >= 0.3 is 0 Å². The summed E-state index contributed by atoms with van der Waals surface area (Å²) in [6.45, 7) is 0. The second-order valence-corrected chi connectivity index (χ2v) is 2.10. The van der Waals surface area contributed by atoms with Crippen molar-refractivity contribution in [2.24, 2.45) is 0 Å². The number of ketones is 1. The number of carbonyl (C=O) groups excluding carboxylic acids is 2. The van der Waals surface area contributed by atoms with E-state index >= 15 is 0 Å². The van der Waals surface area contributed by atoms with E-state index in [9.17, 15) is 14.7 Å². The van der Waals surface area contributed by atoms with Crippen molar-refractivity contribution in [3.05, 3.63) is 0 Å². The maximum absolute atomic E-state index is 10.6. The molecule has 0 aromatic rings. The van der Waals surface area contributed by atoms with E-state index in [-0.39, 0.29) is 12.2 Å². The number of Topliss-reactive ketones (excluding diaryl/α,β-unsaturated/α-hetero) is 1. The number of carboxylic acid groups (broad SMARTS) is 1. The second kappa shape index (κ2) is 5.42. The lowest BCUT2D eigenvalue weighted by molar-refractivity contribution is -0.304. The molecule has 0 atom stereocenters. The third-order valence-corrected chi connectivity index (χ3v) is 1.09. The number of carboxylic acids is 1. The normalized spacial score (nSPS) is 8.64. The van der Waals surface area contributed by atoms with Crippen molar-refractivity contribution in [2.45, 2.75) is 25.7 Å². The maximum atomic E-state index is 10.6. The van der Waals surface area contributed by atoms with Gasteiger partial charge in [0.2, 0.25) is 0 Å². The van der Waals surface area contributed by atoms with Crippen LogP contribution in [0.1, 0.15) is 25.7 Å². The molecule has 0 N–H and O–H groups in total. The summed E-state index contributed by atoms with van der Waals surface area (Å²) in [6.07, 6.45) is 0.342. The molecule has 0 unspecified atom stereocenters. The van der Waals surface area contributed by atoms with Crippen molar-refractivity contribution in [1.82, 2.24) is 0 Å². The van der Waals surface area contributed by atoms with Gasteiger partial charge in [0.15, 0.2) is 0 Å². The Morgan fingerprint density at radius 3 is 2.55 bits per heavy atom. The summed E-state index contributed by atoms with van der Waals surface area (Å²) < 4.78 is 0. The molecule has 0 bridgehead atoms. The van der Waals surface area contributed by atoms with E-state index in [0.717, 1.165) is 0 Å². The van der Waals surface area contributed by atoms with Gasteiger partial charge in [-0.1, -0.05) is 0 Å². The van der Waals surface area contributed by atoms with Gasteiger partial charge in [0, 0.05) is 25.2 Å². The highest BCUT2D eigenvalue weighted by Crippen LogP contribution is 1.97. The predicted octanol–water partition coefficient (Wildman–Crippen LogP) is -0.611. The highest BCUT2D eigenvalue weighted by atomic mass is 16.4. The summed E-state index contributed by atoms with van der Waals surface area (Å²) >= 11 is 0. The van der Waals surface area contributed by atoms with Crippen LogP contribution < -0.4 is 5.11 Å². The minimum Gasteiger partial charge on any atom is -0.550 e. The summed E-state index contributed by atoms with van der Waals surface area (Å²) in [5.74, 6) is -1.73. The highest BCUT2D eigenvalue weighted by Gasteiger charge is 2.00. The van der Waals surface area contributed by atoms with Crippen molar-refractivity contribution >= 4 is 11.8 Å². The molecule has 0 aromatic heterocycles. The van der Waals surface area contributed by atoms with Gasteiger partial charge in [-0.15, -0.1) is 0 Å². The standard InChI is InChI=1S/C7H9NO3/c8-4-2-1-3-6(9)5-7(10)11/h1-3,5H2,(H,10,11)/p-1. The summed E-state index contributed by atoms with van der Waals surface area (Å²) in [5.41, 5.74) is 0. The largest absolute Gasteiger partial charge is 0.550 e. The summed E-state index contributed by atoms with van der Waals surface area (Å²) in [5, 5.41) is 17.9. The Labute approximate surface area is 64.4 Å². The van der Waals surface area contributed by atoms with Gasteiger partial charge in [0.25, 0.3) is 0 Å². The molecule has 0 spiro atoms. The second-order valence-electron chi connectivity index (χ2n) is 2.10. The van der Waals surface area contributed by atoms with Crippen LogP contribution in [-0.4, -0.2) is 11.8 Å². The first-order valence-corrected chi connectivity index (χ1v) is 3.25. The number of carbonyl (C=O) groups is 2. The highest BCUT2D eigenvalue weighted by molar-refractivity contribution is 5.93. The summed E-state index contributed by atoms with van der Waals surface area (Å²) in [7, 11) is 0. The quantitative estimate of drug-likeness (QED) is 0.390. The van der Waals surface area contributed by atoms with Gasteiger partial charge in [-0.05, 0) is 6.42 Å². The first-order valence-electron chi connectivity index (χ1n) is 3.25. The molecule has 0 aromatic carbocycles. The fraction of sp³-hybridized carbons (Fsp3) is 0.571. The number of unbranched alkanes of at least 4 members (excludes halogenated alkanes) is 1. The van der Waals surface area contributed by atoms with Gasteiger partial charge in [-0.25, -0.2) is 0 Å². The molecule has 0 fully saturated rings. The van der Waals surface area contributed by atoms with Crippen molar-refractivity contribution in [2.75, 3.05) is 0 Å². The van der Waals surface area contributed by atoms with Crippen LogP contribution in [0.25, 0.3) is 0 Å². The van der Waals surface area contributed by atoms with Crippen LogP contribution in [0, 0.1) is 11.3 Å². The van der Waals surface area contributed by atoms with E-state index in [0.29, 0.717) is 12.8 Å². The molecule has 4 heteroatoms. The third kappa shape index (κ3) is 6.52. The minimum atomic E-state index is -1.35. The Morgan fingerprint density at radius 1 is 1.45 bits per heavy atom. The van der Waals surface area contributed by atoms with Gasteiger partial charge in [-0.2, -0.15) is 5.26 Å². The Hall–Kier alpha value is -1.37. The zero-order chi connectivity index (χ0) is 8.69. The molecule has 0 aliphatic rings. The Kier molecular flexibility index (Phi) is 4.74. The molecule has 0 aliphatic carbocycles. The fourth-order valence-corrected chi connectivity index (χ4v) is 0.614. The summed E-state index contributed by atoms with van der Waals surface area (Å²) in [6, 6.07) is 1.86. The van der Waals surface area contributed by atoms with Crippen molar-refractivity contribution in [3.63, 3.8) is 0 Å². The predicted molar refractivity (Wildman–Crippen MR) is 34.1 cm³/mol. The van der Waals surface area contributed by atoms with E-state index in [1.165, 1.54) is 0 Å². The molecule has 0 heterocycles. The first-order chi connectivity index (χ1) is 5.16. The number of aliphatic carboxylic acids is 1. The Morgan fingerprint density at radius 2 is 2.09 bits per heavy atom. The summed E-state index contributed by atoms with van der Waals surface area (Å²) in [4.78, 5) is 20.4. The lowest BCUT2D eigenvalue weighted by Gasteiger charge is -1.98. The molecular weight excluding hydrogens is 146 g/mol. The lowest BCUT2D eigenvalue weighted by atomic mass is 10.1. The van der Waals surface area contributed by atoms with E-state index in [2.05, 4.69) is 0 Å². The molecular formula is C7H8NO3-. The van der Waals surface area contributed by atoms with Crippen LogP contribution in [0.15, 0.2) is 0 Å². The molecule has 0 rings (SSSR count). The first kappa shape index (κ1) is 9.63. The van der Waals surface area contributed by atoms with Gasteiger partial charge in [-0.3, -0.25) is 4.79 Å². The van der Waals surface area contributed by atoms with Crippen LogP contribution >= 0.6 is 0 Å². The van der Waals surface area contributed by atoms with Gasteiger partial charge < -0.3 is 9.90 Å². The monoisotopic (exact) mass is 154 g/mol. The number of hydrogen-bond acceptors (Lipinski definition) is 4. The zero-order valence-electron chi connectivity index (χ0n) is 6.00. The van der Waals surface area contributed by atoms with Crippen LogP contribution in [0.2, 0.25) is 0 Å². The maximum Gasteiger partial charge on any atom is 0.138 e. The molecule has 0 aliphatic heterocycles. The molecule has 4 nitrogen and oxygen atoms in total. The van der Waals surface area contributed by atoms with E-state index in [1.807, 2.05) is 6.07 Å². The zero-order valence-corrected chi connectivity index (χ0v) is 6.00. The lowest BCUT2D eigenvalue weighted by Crippen LogP contribution is -2.25. The topological polar surface area (TPSA) is 81.0 Å². The van der Waals surface area contributed by atoms with Crippen molar-refractivity contribution < 1.29 is 14.7 Å². The number of hydrogen-bond donors (Lipinski definition) is 0. The Bertz CT molecular complexity index is 192. The van der Waals surface area contributed by atoms with Crippen LogP contribution in [0.5, 0.6) is 0 Å². The van der Waals surface area contributed by atoms with Gasteiger partial charge in [0.1, 0.15) is 5.78 Å². The molecule has 0 amide bonds. The molecule has 0 radical (unpaired) electrons. The molecule has 0 saturated heterocycles. The minimum absolute atomic E-state index is 0.154. The molecule has 60 valence electrons. The number of nitriles is 1. The molecule has 0 saturated carbocycles. The number of rotatable bonds is 5. The van der Waals surface area contributed by atoms with Crippen LogP contribution in [0.4, 0.5) is 0 Å². The van der Waals surface area contributed by atoms with Crippen molar-refractivity contribution in [3.8, 4) is 6.07 Å². The smallest absolute Gasteiger partial charge is 0.138 e.